The van der Waals surface area contributed by atoms with Crippen molar-refractivity contribution in [3.05, 3.63) is 95.0 Å². The summed E-state index contributed by atoms with van der Waals surface area (Å²) in [6, 6.07) is 7.87. The molecule has 0 atom stereocenters. The van der Waals surface area contributed by atoms with E-state index in [1.807, 2.05) is 6.92 Å². The van der Waals surface area contributed by atoms with Crippen molar-refractivity contribution in [1.29, 1.82) is 0 Å². The standard InChI is InChI=1S/C33H28F5N5O4/c1-17-20-14-21(33(36,37)38)27(31(46)28(20)41-42(17)3)19-6-5-11-43-24(19)8-9-25(43)30(45)18-12-22(34)29(23(35)13-18)40-26(44)7-4-10-39-32(2)15-47-16-32/h4-9,11-14,39,46H,10,15-16H2,1-3H3,(H,40,44)/b7-4+. The lowest BCUT2D eigenvalue weighted by Crippen LogP contribution is -2.58. The van der Waals surface area contributed by atoms with Crippen LogP contribution in [0.4, 0.5) is 27.6 Å². The smallest absolute Gasteiger partial charge is 0.417 e. The molecule has 47 heavy (non-hydrogen) atoms. The number of pyridine rings is 1. The minimum Gasteiger partial charge on any atom is -0.505 e. The van der Waals surface area contributed by atoms with Crippen LogP contribution < -0.4 is 10.6 Å². The largest absolute Gasteiger partial charge is 0.505 e. The Balaban J connectivity index is 1.31. The summed E-state index contributed by atoms with van der Waals surface area (Å²) in [7, 11) is 1.54. The first-order chi connectivity index (χ1) is 22.2. The number of rotatable bonds is 8. The molecule has 3 N–H and O–H groups in total. The molecule has 1 saturated heterocycles. The molecule has 1 aliphatic rings. The van der Waals surface area contributed by atoms with Gasteiger partial charge in [-0.3, -0.25) is 14.3 Å². The summed E-state index contributed by atoms with van der Waals surface area (Å²) in [6.07, 6.45) is -0.844. The molecule has 244 valence electrons. The number of carbonyl (C=O) groups excluding carboxylic acids is 2. The first-order valence-corrected chi connectivity index (χ1v) is 14.4. The van der Waals surface area contributed by atoms with Crippen LogP contribution in [0.25, 0.3) is 27.5 Å². The van der Waals surface area contributed by atoms with E-state index in [1.165, 1.54) is 45.6 Å². The minimum atomic E-state index is -4.86. The van der Waals surface area contributed by atoms with Gasteiger partial charge in [0.25, 0.3) is 0 Å². The van der Waals surface area contributed by atoms with E-state index in [4.69, 9.17) is 4.74 Å². The van der Waals surface area contributed by atoms with E-state index in [-0.39, 0.29) is 33.2 Å². The van der Waals surface area contributed by atoms with E-state index >= 15 is 8.78 Å². The molecule has 9 nitrogen and oxygen atoms in total. The van der Waals surface area contributed by atoms with Crippen molar-refractivity contribution in [2.45, 2.75) is 25.6 Å². The average molecular weight is 654 g/mol. The highest BCUT2D eigenvalue weighted by molar-refractivity contribution is 6.10. The number of hydrogen-bond donors (Lipinski definition) is 3. The third-order valence-electron chi connectivity index (χ3n) is 8.21. The summed E-state index contributed by atoms with van der Waals surface area (Å²) in [5, 5.41) is 20.7. The number of aryl methyl sites for hydroxylation is 2. The number of amides is 1. The van der Waals surface area contributed by atoms with E-state index in [1.54, 1.807) is 14.0 Å². The fourth-order valence-electron chi connectivity index (χ4n) is 5.58. The first-order valence-electron chi connectivity index (χ1n) is 14.4. The zero-order valence-corrected chi connectivity index (χ0v) is 25.3. The lowest BCUT2D eigenvalue weighted by Gasteiger charge is -2.38. The molecule has 0 unspecified atom stereocenters. The molecule has 6 rings (SSSR count). The molecule has 4 heterocycles. The number of phenolic OH excluding ortho intramolecular Hbond substituents is 1. The summed E-state index contributed by atoms with van der Waals surface area (Å²) in [5.74, 6) is -4.71. The maximum absolute atomic E-state index is 15.0. The second-order valence-corrected chi connectivity index (χ2v) is 11.6. The van der Waals surface area contributed by atoms with Crippen LogP contribution in [0.1, 0.15) is 34.2 Å². The number of nitrogens with zero attached hydrogens (tertiary/aromatic N) is 3. The van der Waals surface area contributed by atoms with Crippen molar-refractivity contribution in [3.63, 3.8) is 0 Å². The Hall–Kier alpha value is -5.08. The Kier molecular flexibility index (Phi) is 7.88. The average Bonchev–Trinajstić information content (AvgIpc) is 3.56. The van der Waals surface area contributed by atoms with E-state index in [2.05, 4.69) is 15.7 Å². The third-order valence-corrected chi connectivity index (χ3v) is 8.21. The van der Waals surface area contributed by atoms with Crippen molar-refractivity contribution >= 4 is 33.8 Å². The summed E-state index contributed by atoms with van der Waals surface area (Å²) in [4.78, 5) is 25.8. The molecule has 2 aromatic carbocycles. The van der Waals surface area contributed by atoms with E-state index < -0.39 is 57.6 Å². The quantitative estimate of drug-likeness (QED) is 0.109. The van der Waals surface area contributed by atoms with Crippen LogP contribution >= 0.6 is 0 Å². The van der Waals surface area contributed by atoms with Gasteiger partial charge in [-0.05, 0) is 50.2 Å². The molecule has 1 aliphatic heterocycles. The van der Waals surface area contributed by atoms with Gasteiger partial charge in [-0.1, -0.05) is 12.1 Å². The van der Waals surface area contributed by atoms with Gasteiger partial charge >= 0.3 is 6.18 Å². The number of aromatic nitrogens is 3. The number of aromatic hydroxyl groups is 1. The molecule has 14 heteroatoms. The number of carbonyl (C=O) groups is 2. The third kappa shape index (κ3) is 5.74. The van der Waals surface area contributed by atoms with E-state index in [9.17, 15) is 27.9 Å². The van der Waals surface area contributed by atoms with Crippen molar-refractivity contribution in [1.82, 2.24) is 19.5 Å². The second-order valence-electron chi connectivity index (χ2n) is 11.6. The number of anilines is 1. The molecule has 0 saturated carbocycles. The highest BCUT2D eigenvalue weighted by Crippen LogP contribution is 2.47. The SMILES string of the molecule is Cc1c2cc(C(F)(F)F)c(-c3cccn4c(C(=O)c5cc(F)c(NC(=O)/C=C/CNC6(C)COC6)c(F)c5)ccc34)c(O)c2nn1C. The Bertz CT molecular complexity index is 2090. The lowest BCUT2D eigenvalue weighted by molar-refractivity contribution is -0.137. The van der Waals surface area contributed by atoms with Crippen molar-refractivity contribution in [2.75, 3.05) is 25.1 Å². The fraction of sp³-hybridized carbons (Fsp3) is 0.242. The van der Waals surface area contributed by atoms with Gasteiger partial charge in [0.2, 0.25) is 11.7 Å². The molecule has 1 fully saturated rings. The molecule has 0 aliphatic carbocycles. The van der Waals surface area contributed by atoms with E-state index in [0.717, 1.165) is 24.3 Å². The van der Waals surface area contributed by atoms with E-state index in [0.29, 0.717) is 25.5 Å². The van der Waals surface area contributed by atoms with Crippen LogP contribution in [0.3, 0.4) is 0 Å². The van der Waals surface area contributed by atoms with Gasteiger partial charge < -0.3 is 24.9 Å². The van der Waals surface area contributed by atoms with Gasteiger partial charge in [-0.2, -0.15) is 18.3 Å². The van der Waals surface area contributed by atoms with Gasteiger partial charge in [0.15, 0.2) is 5.75 Å². The predicted octanol–water partition coefficient (Wildman–Crippen LogP) is 5.91. The van der Waals surface area contributed by atoms with Crippen molar-refractivity contribution in [2.24, 2.45) is 7.05 Å². The molecule has 0 radical (unpaired) electrons. The predicted molar refractivity (Wildman–Crippen MR) is 163 cm³/mol. The number of alkyl halides is 3. The highest BCUT2D eigenvalue weighted by atomic mass is 19.4. The Morgan fingerprint density at radius 1 is 1.13 bits per heavy atom. The summed E-state index contributed by atoms with van der Waals surface area (Å²) < 4.78 is 80.9. The molecule has 3 aromatic heterocycles. The molecule has 1 amide bonds. The van der Waals surface area contributed by atoms with Gasteiger partial charge in [0, 0.05) is 53.6 Å². The number of hydrogen-bond acceptors (Lipinski definition) is 6. The van der Waals surface area contributed by atoms with Crippen molar-refractivity contribution in [3.8, 4) is 16.9 Å². The highest BCUT2D eigenvalue weighted by Gasteiger charge is 2.37. The number of nitrogens with one attached hydrogen (secondary N) is 2. The van der Waals surface area contributed by atoms with Crippen LogP contribution in [0.5, 0.6) is 5.75 Å². The maximum Gasteiger partial charge on any atom is 0.417 e. The molecule has 0 spiro atoms. The summed E-state index contributed by atoms with van der Waals surface area (Å²) in [5.41, 5.74) is -2.62. The van der Waals surface area contributed by atoms with Crippen LogP contribution in [0, 0.1) is 18.6 Å². The zero-order valence-electron chi connectivity index (χ0n) is 25.3. The Labute approximate surface area is 264 Å². The lowest BCUT2D eigenvalue weighted by atomic mass is 9.95. The maximum atomic E-state index is 15.0. The number of ether oxygens (including phenoxy) is 1. The topological polar surface area (TPSA) is 110 Å². The number of benzene rings is 2. The zero-order chi connectivity index (χ0) is 33.8. The molecular formula is C33H28F5N5O4. The monoisotopic (exact) mass is 653 g/mol. The van der Waals surface area contributed by atoms with Crippen LogP contribution in [-0.4, -0.2) is 56.3 Å². The first kappa shape index (κ1) is 31.9. The van der Waals surface area contributed by atoms with Gasteiger partial charge in [-0.25, -0.2) is 8.78 Å². The van der Waals surface area contributed by atoms with Crippen LogP contribution in [-0.2, 0) is 22.8 Å². The van der Waals surface area contributed by atoms with Gasteiger partial charge in [0.1, 0.15) is 22.8 Å². The second kappa shape index (κ2) is 11.6. The molecular weight excluding hydrogens is 625 g/mol. The van der Waals surface area contributed by atoms with Gasteiger partial charge in [-0.15, -0.1) is 0 Å². The number of ketones is 1. The Morgan fingerprint density at radius 3 is 2.47 bits per heavy atom. The fourth-order valence-corrected chi connectivity index (χ4v) is 5.58. The van der Waals surface area contributed by atoms with Crippen LogP contribution in [0.15, 0.2) is 60.8 Å². The normalized spacial score (nSPS) is 14.6. The number of phenols is 1. The Morgan fingerprint density at radius 2 is 1.83 bits per heavy atom. The minimum absolute atomic E-state index is 0.0266. The molecule has 0 bridgehead atoms. The van der Waals surface area contributed by atoms with Crippen molar-refractivity contribution < 1.29 is 41.4 Å². The summed E-state index contributed by atoms with van der Waals surface area (Å²) in [6.45, 7) is 4.91. The van der Waals surface area contributed by atoms with Crippen LogP contribution in [0.2, 0.25) is 0 Å². The summed E-state index contributed by atoms with van der Waals surface area (Å²) >= 11 is 0. The van der Waals surface area contributed by atoms with Gasteiger partial charge in [0.05, 0.1) is 35.5 Å². The number of fused-ring (bicyclic) bond motifs is 2. The molecule has 5 aromatic rings. The number of halogens is 5.